The molecule has 27 heavy (non-hydrogen) atoms. The normalized spacial score (nSPS) is 11.4. The van der Waals surface area contributed by atoms with Crippen molar-refractivity contribution < 1.29 is 10.2 Å². The Hall–Kier alpha value is -1.71. The van der Waals surface area contributed by atoms with Crippen LogP contribution in [0.2, 0.25) is 0 Å². The lowest BCUT2D eigenvalue weighted by molar-refractivity contribution is 0.426. The lowest BCUT2D eigenvalue weighted by Crippen LogP contribution is -2.02. The highest BCUT2D eigenvalue weighted by Gasteiger charge is 2.01. The monoisotopic (exact) mass is 377 g/mol. The van der Waals surface area contributed by atoms with Crippen LogP contribution in [0.25, 0.3) is 6.20 Å². The Morgan fingerprint density at radius 2 is 1.30 bits per heavy atom. The molecule has 0 aliphatic rings. The summed E-state index contributed by atoms with van der Waals surface area (Å²) in [5, 5.41) is 19.0. The van der Waals surface area contributed by atoms with Crippen LogP contribution in [0.15, 0.2) is 23.1 Å². The SMILES string of the molecule is CCCCCCCCCCCCCCCCC=Cn1cc(O)c(=O)cc1O. The number of nitrogens with zero attached hydrogens (tertiary/aromatic N) is 1. The van der Waals surface area contributed by atoms with E-state index >= 15 is 0 Å². The van der Waals surface area contributed by atoms with Crippen LogP contribution < -0.4 is 5.43 Å². The molecule has 0 aromatic carbocycles. The van der Waals surface area contributed by atoms with E-state index in [0.717, 1.165) is 18.9 Å². The third-order valence-corrected chi connectivity index (χ3v) is 5.03. The quantitative estimate of drug-likeness (QED) is 0.319. The molecule has 1 heterocycles. The summed E-state index contributed by atoms with van der Waals surface area (Å²) in [7, 11) is 0. The van der Waals surface area contributed by atoms with Crippen molar-refractivity contribution >= 4 is 6.20 Å². The molecule has 0 radical (unpaired) electrons. The van der Waals surface area contributed by atoms with Gasteiger partial charge in [-0.1, -0.05) is 96.5 Å². The molecule has 154 valence electrons. The van der Waals surface area contributed by atoms with Crippen LogP contribution in [0.4, 0.5) is 0 Å². The van der Waals surface area contributed by atoms with Crippen LogP contribution in [-0.2, 0) is 0 Å². The van der Waals surface area contributed by atoms with E-state index < -0.39 is 5.43 Å². The van der Waals surface area contributed by atoms with Crippen LogP contribution in [0.3, 0.4) is 0 Å². The predicted octanol–water partition coefficient (Wildman–Crippen LogP) is 6.60. The van der Waals surface area contributed by atoms with E-state index in [1.165, 1.54) is 94.2 Å². The number of rotatable bonds is 16. The fourth-order valence-electron chi connectivity index (χ4n) is 3.29. The molecule has 1 aromatic rings. The van der Waals surface area contributed by atoms with Crippen LogP contribution in [-0.4, -0.2) is 14.8 Å². The molecule has 0 aliphatic carbocycles. The zero-order chi connectivity index (χ0) is 19.7. The first-order valence-electron chi connectivity index (χ1n) is 11.0. The Morgan fingerprint density at radius 3 is 1.81 bits per heavy atom. The first kappa shape index (κ1) is 23.3. The average molecular weight is 378 g/mol. The second-order valence-electron chi connectivity index (χ2n) is 7.56. The average Bonchev–Trinajstić information content (AvgIpc) is 2.65. The summed E-state index contributed by atoms with van der Waals surface area (Å²) in [5.41, 5.74) is -0.566. The zero-order valence-electron chi connectivity index (χ0n) is 17.2. The molecule has 0 aliphatic heterocycles. The van der Waals surface area contributed by atoms with Gasteiger partial charge in [-0.15, -0.1) is 0 Å². The van der Waals surface area contributed by atoms with Crippen molar-refractivity contribution in [2.24, 2.45) is 0 Å². The molecule has 0 unspecified atom stereocenters. The van der Waals surface area contributed by atoms with Crippen molar-refractivity contribution in [3.8, 4) is 11.6 Å². The van der Waals surface area contributed by atoms with Gasteiger partial charge in [-0.3, -0.25) is 9.36 Å². The molecular weight excluding hydrogens is 338 g/mol. The predicted molar refractivity (Wildman–Crippen MR) is 114 cm³/mol. The molecule has 0 saturated carbocycles. The van der Waals surface area contributed by atoms with Gasteiger partial charge in [-0.05, 0) is 12.8 Å². The lowest BCUT2D eigenvalue weighted by Gasteiger charge is -2.04. The van der Waals surface area contributed by atoms with E-state index in [4.69, 9.17) is 0 Å². The molecular formula is C23H39NO3. The number of allylic oxidation sites excluding steroid dienone is 1. The van der Waals surface area contributed by atoms with Gasteiger partial charge in [-0.2, -0.15) is 0 Å². The molecule has 4 heteroatoms. The number of aromatic hydroxyl groups is 2. The highest BCUT2D eigenvalue weighted by Crippen LogP contribution is 2.14. The largest absolute Gasteiger partial charge is 0.503 e. The summed E-state index contributed by atoms with van der Waals surface area (Å²) in [4.78, 5) is 11.2. The van der Waals surface area contributed by atoms with E-state index in [1.54, 1.807) is 6.20 Å². The fraction of sp³-hybridized carbons (Fsp3) is 0.696. The van der Waals surface area contributed by atoms with Gasteiger partial charge in [0.15, 0.2) is 11.6 Å². The van der Waals surface area contributed by atoms with E-state index in [1.807, 2.05) is 6.08 Å². The first-order valence-corrected chi connectivity index (χ1v) is 11.0. The Morgan fingerprint density at radius 1 is 0.815 bits per heavy atom. The number of unbranched alkanes of at least 4 members (excludes halogenated alkanes) is 14. The van der Waals surface area contributed by atoms with Crippen molar-refractivity contribution in [1.82, 2.24) is 4.57 Å². The van der Waals surface area contributed by atoms with E-state index in [0.29, 0.717) is 0 Å². The standard InChI is InChI=1S/C23H39NO3/c1-2-3-4-5-6-7-8-9-10-11-12-13-14-15-16-17-18-24-20-22(26)21(25)19-23(24)27/h17-20,26-27H,2-16H2,1H3. The van der Waals surface area contributed by atoms with E-state index in [2.05, 4.69) is 6.92 Å². The Bertz CT molecular complexity index is 577. The Balaban J connectivity index is 1.92. The van der Waals surface area contributed by atoms with Gasteiger partial charge in [-0.25, -0.2) is 0 Å². The summed E-state index contributed by atoms with van der Waals surface area (Å²) in [6.45, 7) is 2.27. The molecule has 2 N–H and O–H groups in total. The Labute approximate surface area is 164 Å². The van der Waals surface area contributed by atoms with Crippen LogP contribution >= 0.6 is 0 Å². The minimum absolute atomic E-state index is 0.157. The minimum atomic E-state index is -0.566. The molecule has 0 amide bonds. The number of aromatic nitrogens is 1. The number of pyridine rings is 1. The first-order chi connectivity index (χ1) is 13.1. The molecule has 0 spiro atoms. The maximum atomic E-state index is 11.2. The fourth-order valence-corrected chi connectivity index (χ4v) is 3.29. The van der Waals surface area contributed by atoms with Gasteiger partial charge in [0.1, 0.15) is 0 Å². The summed E-state index contributed by atoms with van der Waals surface area (Å²) in [6.07, 6.45) is 24.7. The van der Waals surface area contributed by atoms with Gasteiger partial charge in [0.25, 0.3) is 0 Å². The second kappa shape index (κ2) is 15.4. The van der Waals surface area contributed by atoms with Crippen molar-refractivity contribution in [2.75, 3.05) is 0 Å². The summed E-state index contributed by atoms with van der Waals surface area (Å²) < 4.78 is 1.36. The van der Waals surface area contributed by atoms with Crippen molar-refractivity contribution in [1.29, 1.82) is 0 Å². The Kier molecular flexibility index (Phi) is 13.3. The topological polar surface area (TPSA) is 62.5 Å². The molecule has 0 bridgehead atoms. The van der Waals surface area contributed by atoms with Crippen LogP contribution in [0.1, 0.15) is 103 Å². The van der Waals surface area contributed by atoms with Gasteiger partial charge in [0.05, 0.1) is 12.3 Å². The minimum Gasteiger partial charge on any atom is -0.503 e. The van der Waals surface area contributed by atoms with Gasteiger partial charge in [0, 0.05) is 6.20 Å². The molecule has 1 rings (SSSR count). The molecule has 0 atom stereocenters. The number of hydrogen-bond acceptors (Lipinski definition) is 3. The third-order valence-electron chi connectivity index (χ3n) is 5.03. The van der Waals surface area contributed by atoms with E-state index in [9.17, 15) is 15.0 Å². The summed E-state index contributed by atoms with van der Waals surface area (Å²) in [5.74, 6) is -0.510. The van der Waals surface area contributed by atoms with Crippen molar-refractivity contribution in [2.45, 2.75) is 103 Å². The summed E-state index contributed by atoms with van der Waals surface area (Å²) >= 11 is 0. The maximum Gasteiger partial charge on any atom is 0.226 e. The van der Waals surface area contributed by atoms with Crippen LogP contribution in [0, 0.1) is 0 Å². The van der Waals surface area contributed by atoms with Crippen LogP contribution in [0.5, 0.6) is 11.6 Å². The maximum absolute atomic E-state index is 11.2. The molecule has 1 aromatic heterocycles. The molecule has 0 saturated heterocycles. The highest BCUT2D eigenvalue weighted by molar-refractivity contribution is 5.34. The number of hydrogen-bond donors (Lipinski definition) is 2. The van der Waals surface area contributed by atoms with E-state index in [-0.39, 0.29) is 11.6 Å². The molecule has 4 nitrogen and oxygen atoms in total. The zero-order valence-corrected chi connectivity index (χ0v) is 17.2. The van der Waals surface area contributed by atoms with Crippen molar-refractivity contribution in [3.05, 3.63) is 28.6 Å². The van der Waals surface area contributed by atoms with Crippen molar-refractivity contribution in [3.63, 3.8) is 0 Å². The third kappa shape index (κ3) is 11.6. The lowest BCUT2D eigenvalue weighted by atomic mass is 10.0. The summed E-state index contributed by atoms with van der Waals surface area (Å²) in [6, 6.07) is 1.02. The smallest absolute Gasteiger partial charge is 0.226 e. The second-order valence-corrected chi connectivity index (χ2v) is 7.56. The molecule has 0 fully saturated rings. The van der Waals surface area contributed by atoms with Gasteiger partial charge >= 0.3 is 0 Å². The van der Waals surface area contributed by atoms with Gasteiger partial charge < -0.3 is 10.2 Å². The van der Waals surface area contributed by atoms with Gasteiger partial charge in [0.2, 0.25) is 5.43 Å². The highest BCUT2D eigenvalue weighted by atomic mass is 16.3.